The number of aryl methyl sites for hydroxylation is 1. The molecule has 0 aliphatic rings. The Morgan fingerprint density at radius 1 is 1.59 bits per heavy atom. The van der Waals surface area contributed by atoms with Gasteiger partial charge in [-0.15, -0.1) is 0 Å². The fourth-order valence-electron chi connectivity index (χ4n) is 1.38. The summed E-state index contributed by atoms with van der Waals surface area (Å²) in [5.41, 5.74) is 7.08. The molecule has 1 amide bonds. The van der Waals surface area contributed by atoms with Gasteiger partial charge in [0.15, 0.2) is 0 Å². The number of carbonyl (C=O) groups excluding carboxylic acids is 1. The van der Waals surface area contributed by atoms with Gasteiger partial charge in [-0.2, -0.15) is 0 Å². The first-order valence-electron chi connectivity index (χ1n) is 5.46. The largest absolute Gasteiger partial charge is 0.495 e. The van der Waals surface area contributed by atoms with Crippen LogP contribution in [0.25, 0.3) is 0 Å². The monoisotopic (exact) mass is 238 g/mol. The van der Waals surface area contributed by atoms with Gasteiger partial charge in [-0.3, -0.25) is 4.79 Å². The summed E-state index contributed by atoms with van der Waals surface area (Å²) < 4.78 is 5.14. The van der Waals surface area contributed by atoms with Crippen LogP contribution in [0.5, 0.6) is 5.75 Å². The van der Waals surface area contributed by atoms with Crippen molar-refractivity contribution < 1.29 is 14.6 Å². The third-order valence-electron chi connectivity index (χ3n) is 2.46. The van der Waals surface area contributed by atoms with E-state index >= 15 is 0 Å². The van der Waals surface area contributed by atoms with Gasteiger partial charge >= 0.3 is 0 Å². The standard InChI is InChI=1S/C12H18N2O3/c1-3-8-4-5-11(17-2)10(6-8)14-12(16)9(13)7-15/h4-6,9,15H,3,7,13H2,1-2H3,(H,14,16). The van der Waals surface area contributed by atoms with Gasteiger partial charge in [-0.1, -0.05) is 13.0 Å². The van der Waals surface area contributed by atoms with E-state index < -0.39 is 11.9 Å². The molecule has 5 nitrogen and oxygen atoms in total. The van der Waals surface area contributed by atoms with E-state index in [2.05, 4.69) is 5.32 Å². The molecule has 1 rings (SSSR count). The van der Waals surface area contributed by atoms with Crippen LogP contribution in [0.2, 0.25) is 0 Å². The molecule has 1 aromatic carbocycles. The lowest BCUT2D eigenvalue weighted by Crippen LogP contribution is -2.38. The number of hydrogen-bond acceptors (Lipinski definition) is 4. The number of carbonyl (C=O) groups is 1. The van der Waals surface area contributed by atoms with Crippen LogP contribution in [0.3, 0.4) is 0 Å². The molecule has 0 radical (unpaired) electrons. The number of benzene rings is 1. The molecule has 17 heavy (non-hydrogen) atoms. The van der Waals surface area contributed by atoms with E-state index in [9.17, 15) is 4.79 Å². The van der Waals surface area contributed by atoms with Gasteiger partial charge in [0.05, 0.1) is 19.4 Å². The topological polar surface area (TPSA) is 84.6 Å². The van der Waals surface area contributed by atoms with Crippen LogP contribution in [-0.2, 0) is 11.2 Å². The first kappa shape index (κ1) is 13.5. The Labute approximate surface area is 101 Å². The average molecular weight is 238 g/mol. The predicted octanol–water partition coefficient (Wildman–Crippen LogP) is 0.516. The van der Waals surface area contributed by atoms with Crippen molar-refractivity contribution in [2.45, 2.75) is 19.4 Å². The molecule has 0 aromatic heterocycles. The second-order valence-corrected chi connectivity index (χ2v) is 3.67. The molecule has 0 bridgehead atoms. The summed E-state index contributed by atoms with van der Waals surface area (Å²) in [7, 11) is 1.53. The summed E-state index contributed by atoms with van der Waals surface area (Å²) in [6, 6.07) is 4.63. The normalized spacial score (nSPS) is 12.0. The summed E-state index contributed by atoms with van der Waals surface area (Å²) in [4.78, 5) is 11.6. The van der Waals surface area contributed by atoms with Gasteiger partial charge < -0.3 is 20.9 Å². The Kier molecular flexibility index (Phi) is 4.93. The predicted molar refractivity (Wildman–Crippen MR) is 66.1 cm³/mol. The highest BCUT2D eigenvalue weighted by molar-refractivity contribution is 5.96. The van der Waals surface area contributed by atoms with Crippen molar-refractivity contribution in [3.8, 4) is 5.75 Å². The van der Waals surface area contributed by atoms with Crippen molar-refractivity contribution in [2.24, 2.45) is 5.73 Å². The number of aliphatic hydroxyl groups is 1. The Balaban J connectivity index is 2.91. The summed E-state index contributed by atoms with van der Waals surface area (Å²) in [6.45, 7) is 1.63. The van der Waals surface area contributed by atoms with E-state index in [0.717, 1.165) is 12.0 Å². The maximum absolute atomic E-state index is 11.6. The van der Waals surface area contributed by atoms with Crippen LogP contribution >= 0.6 is 0 Å². The van der Waals surface area contributed by atoms with E-state index in [4.69, 9.17) is 15.6 Å². The number of nitrogens with two attached hydrogens (primary N) is 1. The second kappa shape index (κ2) is 6.22. The number of nitrogens with one attached hydrogen (secondary N) is 1. The van der Waals surface area contributed by atoms with Crippen molar-refractivity contribution >= 4 is 11.6 Å². The van der Waals surface area contributed by atoms with Gasteiger partial charge in [0.1, 0.15) is 11.8 Å². The van der Waals surface area contributed by atoms with E-state index in [-0.39, 0.29) is 6.61 Å². The zero-order valence-electron chi connectivity index (χ0n) is 10.1. The van der Waals surface area contributed by atoms with Crippen LogP contribution in [0.1, 0.15) is 12.5 Å². The molecular weight excluding hydrogens is 220 g/mol. The highest BCUT2D eigenvalue weighted by atomic mass is 16.5. The van der Waals surface area contributed by atoms with Crippen molar-refractivity contribution in [1.82, 2.24) is 0 Å². The number of hydrogen-bond donors (Lipinski definition) is 3. The minimum absolute atomic E-state index is 0.387. The van der Waals surface area contributed by atoms with Gasteiger partial charge in [0.25, 0.3) is 0 Å². The van der Waals surface area contributed by atoms with Gasteiger partial charge in [-0.05, 0) is 24.1 Å². The molecule has 0 saturated carbocycles. The van der Waals surface area contributed by atoms with Crippen molar-refractivity contribution in [3.05, 3.63) is 23.8 Å². The number of amides is 1. The lowest BCUT2D eigenvalue weighted by Gasteiger charge is -2.13. The quantitative estimate of drug-likeness (QED) is 0.698. The summed E-state index contributed by atoms with van der Waals surface area (Å²) in [6.07, 6.45) is 0.860. The van der Waals surface area contributed by atoms with Gasteiger partial charge in [0.2, 0.25) is 5.91 Å². The molecule has 94 valence electrons. The summed E-state index contributed by atoms with van der Waals surface area (Å²) in [5.74, 6) is 0.139. The molecular formula is C12H18N2O3. The van der Waals surface area contributed by atoms with Gasteiger partial charge in [-0.25, -0.2) is 0 Å². The molecule has 0 saturated heterocycles. The number of ether oxygens (including phenoxy) is 1. The first-order valence-corrected chi connectivity index (χ1v) is 5.46. The third kappa shape index (κ3) is 3.44. The second-order valence-electron chi connectivity index (χ2n) is 3.67. The summed E-state index contributed by atoms with van der Waals surface area (Å²) in [5, 5.41) is 11.4. The molecule has 1 atom stereocenters. The SMILES string of the molecule is CCc1ccc(OC)c(NC(=O)C(N)CO)c1. The minimum atomic E-state index is -0.926. The van der Waals surface area contributed by atoms with Crippen LogP contribution in [0, 0.1) is 0 Å². The third-order valence-corrected chi connectivity index (χ3v) is 2.46. The van der Waals surface area contributed by atoms with E-state index in [1.807, 2.05) is 19.1 Å². The molecule has 4 N–H and O–H groups in total. The number of rotatable bonds is 5. The molecule has 0 fully saturated rings. The van der Waals surface area contributed by atoms with Crippen LogP contribution in [0.4, 0.5) is 5.69 Å². The highest BCUT2D eigenvalue weighted by Gasteiger charge is 2.14. The molecule has 0 spiro atoms. The maximum atomic E-state index is 11.6. The number of anilines is 1. The van der Waals surface area contributed by atoms with E-state index in [1.54, 1.807) is 6.07 Å². The van der Waals surface area contributed by atoms with Crippen LogP contribution in [0.15, 0.2) is 18.2 Å². The van der Waals surface area contributed by atoms with Crippen molar-refractivity contribution in [3.63, 3.8) is 0 Å². The average Bonchev–Trinajstić information content (AvgIpc) is 2.37. The Bertz CT molecular complexity index is 393. The number of aliphatic hydroxyl groups excluding tert-OH is 1. The highest BCUT2D eigenvalue weighted by Crippen LogP contribution is 2.25. The maximum Gasteiger partial charge on any atom is 0.243 e. The van der Waals surface area contributed by atoms with E-state index in [0.29, 0.717) is 11.4 Å². The Hall–Kier alpha value is -1.59. The molecule has 0 aliphatic carbocycles. The Morgan fingerprint density at radius 2 is 2.29 bits per heavy atom. The van der Waals surface area contributed by atoms with Crippen molar-refractivity contribution in [2.75, 3.05) is 19.0 Å². The molecule has 0 heterocycles. The van der Waals surface area contributed by atoms with Gasteiger partial charge in [0, 0.05) is 0 Å². The fraction of sp³-hybridized carbons (Fsp3) is 0.417. The van der Waals surface area contributed by atoms with Crippen LogP contribution < -0.4 is 15.8 Å². The zero-order valence-corrected chi connectivity index (χ0v) is 10.1. The number of methoxy groups -OCH3 is 1. The molecule has 0 aliphatic heterocycles. The first-order chi connectivity index (χ1) is 8.12. The summed E-state index contributed by atoms with van der Waals surface area (Å²) >= 11 is 0. The lowest BCUT2D eigenvalue weighted by molar-refractivity contribution is -0.118. The molecule has 1 unspecified atom stereocenters. The zero-order chi connectivity index (χ0) is 12.8. The fourth-order valence-corrected chi connectivity index (χ4v) is 1.38. The minimum Gasteiger partial charge on any atom is -0.495 e. The van der Waals surface area contributed by atoms with Crippen molar-refractivity contribution in [1.29, 1.82) is 0 Å². The molecule has 1 aromatic rings. The lowest BCUT2D eigenvalue weighted by atomic mass is 10.1. The van der Waals surface area contributed by atoms with E-state index in [1.165, 1.54) is 7.11 Å². The smallest absolute Gasteiger partial charge is 0.243 e. The molecule has 5 heteroatoms. The van der Waals surface area contributed by atoms with Crippen LogP contribution in [-0.4, -0.2) is 30.8 Å². The Morgan fingerprint density at radius 3 is 2.82 bits per heavy atom.